The zero-order valence-electron chi connectivity index (χ0n) is 30.2. The van der Waals surface area contributed by atoms with Crippen LogP contribution in [-0.4, -0.2) is 19.5 Å². The van der Waals surface area contributed by atoms with Crippen LogP contribution in [0.5, 0.6) is 0 Å². The molecule has 11 rings (SSSR count). The van der Waals surface area contributed by atoms with Crippen LogP contribution < -0.4 is 0 Å². The molecule has 0 aliphatic heterocycles. The van der Waals surface area contributed by atoms with Crippen LogP contribution in [-0.2, 0) is 0 Å². The lowest BCUT2D eigenvalue weighted by Crippen LogP contribution is -2.00. The average molecular weight is 733 g/mol. The normalized spacial score (nSPS) is 11.6. The summed E-state index contributed by atoms with van der Waals surface area (Å²) in [7, 11) is 0. The van der Waals surface area contributed by atoms with Gasteiger partial charge in [0.25, 0.3) is 0 Å². The smallest absolute Gasteiger partial charge is 0.165 e. The first kappa shape index (κ1) is 32.2. The molecule has 0 N–H and O–H groups in total. The van der Waals surface area contributed by atoms with Crippen LogP contribution in [0, 0.1) is 0 Å². The molecule has 0 saturated heterocycles. The second-order valence-corrected chi connectivity index (χ2v) is 15.1. The number of thiophene rings is 1. The predicted molar refractivity (Wildman–Crippen MR) is 234 cm³/mol. The highest BCUT2D eigenvalue weighted by atomic mass is 32.1. The third kappa shape index (κ3) is 5.48. The van der Waals surface area contributed by atoms with Gasteiger partial charge in [0.05, 0.1) is 11.0 Å². The van der Waals surface area contributed by atoms with E-state index in [1.807, 2.05) is 0 Å². The maximum atomic E-state index is 5.26. The molecule has 11 aromatic rings. The van der Waals surface area contributed by atoms with E-state index in [0.717, 1.165) is 44.5 Å². The number of rotatable bonds is 6. The number of hydrogen-bond acceptors (Lipinski definition) is 4. The van der Waals surface area contributed by atoms with Crippen molar-refractivity contribution >= 4 is 53.3 Å². The fraction of sp³-hybridized carbons (Fsp3) is 0. The van der Waals surface area contributed by atoms with E-state index in [9.17, 15) is 0 Å². The highest BCUT2D eigenvalue weighted by molar-refractivity contribution is 7.26. The number of nitrogens with zero attached hydrogens (tertiary/aromatic N) is 4. The van der Waals surface area contributed by atoms with Crippen molar-refractivity contribution in [2.75, 3.05) is 0 Å². The molecule has 56 heavy (non-hydrogen) atoms. The van der Waals surface area contributed by atoms with E-state index in [1.165, 1.54) is 42.1 Å². The van der Waals surface area contributed by atoms with Gasteiger partial charge in [0.1, 0.15) is 0 Å². The van der Waals surface area contributed by atoms with Crippen molar-refractivity contribution in [2.45, 2.75) is 0 Å². The molecule has 0 unspecified atom stereocenters. The number of fused-ring (bicyclic) bond motifs is 6. The van der Waals surface area contributed by atoms with Crippen LogP contribution in [0.3, 0.4) is 0 Å². The second kappa shape index (κ2) is 13.3. The van der Waals surface area contributed by atoms with Crippen LogP contribution >= 0.6 is 11.3 Å². The van der Waals surface area contributed by atoms with Gasteiger partial charge in [-0.1, -0.05) is 152 Å². The third-order valence-corrected chi connectivity index (χ3v) is 11.9. The van der Waals surface area contributed by atoms with Crippen molar-refractivity contribution in [3.8, 4) is 62.1 Å². The van der Waals surface area contributed by atoms with E-state index in [2.05, 4.69) is 199 Å². The Morgan fingerprint density at radius 3 is 1.70 bits per heavy atom. The Morgan fingerprint density at radius 1 is 0.339 bits per heavy atom. The van der Waals surface area contributed by atoms with E-state index in [1.54, 1.807) is 11.3 Å². The Balaban J connectivity index is 1.09. The lowest BCUT2D eigenvalue weighted by atomic mass is 9.98. The van der Waals surface area contributed by atoms with E-state index in [4.69, 9.17) is 15.0 Å². The molecule has 5 heteroatoms. The first-order chi connectivity index (χ1) is 27.7. The summed E-state index contributed by atoms with van der Waals surface area (Å²) in [4.78, 5) is 15.7. The van der Waals surface area contributed by atoms with Crippen molar-refractivity contribution < 1.29 is 0 Å². The molecular weight excluding hydrogens is 701 g/mol. The molecule has 0 bridgehead atoms. The van der Waals surface area contributed by atoms with Crippen molar-refractivity contribution in [3.05, 3.63) is 194 Å². The van der Waals surface area contributed by atoms with Crippen LogP contribution in [0.2, 0.25) is 0 Å². The van der Waals surface area contributed by atoms with Crippen molar-refractivity contribution in [1.82, 2.24) is 19.5 Å². The minimum absolute atomic E-state index is 0.634. The Hall–Kier alpha value is -7.21. The molecule has 0 atom stereocenters. The summed E-state index contributed by atoms with van der Waals surface area (Å²) < 4.78 is 4.75. The Morgan fingerprint density at radius 2 is 0.893 bits per heavy atom. The Kier molecular flexibility index (Phi) is 7.64. The minimum Gasteiger partial charge on any atom is -0.309 e. The van der Waals surface area contributed by atoms with Gasteiger partial charge < -0.3 is 4.57 Å². The summed E-state index contributed by atoms with van der Waals surface area (Å²) >= 11 is 1.79. The summed E-state index contributed by atoms with van der Waals surface area (Å²) in [5, 5.41) is 4.85. The maximum Gasteiger partial charge on any atom is 0.165 e. The number of benzene rings is 8. The SMILES string of the molecule is c1ccc(-c2cccc(-c3ccc(-c4nc(-c5ccc6c7ccccc7n(-c7ccccc7)c6c5)nc(-c5cccc6c5sc5ccccc56)n4)cc3)c2)cc1. The van der Waals surface area contributed by atoms with Crippen LogP contribution in [0.25, 0.3) is 104 Å². The molecule has 0 aliphatic carbocycles. The summed E-state index contributed by atoms with van der Waals surface area (Å²) in [5.41, 5.74) is 10.9. The largest absolute Gasteiger partial charge is 0.309 e. The van der Waals surface area contributed by atoms with Gasteiger partial charge in [-0.25, -0.2) is 15.0 Å². The molecule has 0 saturated carbocycles. The number of hydrogen-bond donors (Lipinski definition) is 0. The van der Waals surface area contributed by atoms with Crippen molar-refractivity contribution in [2.24, 2.45) is 0 Å². The average Bonchev–Trinajstić information content (AvgIpc) is 3.83. The van der Waals surface area contributed by atoms with Gasteiger partial charge in [0, 0.05) is 53.3 Å². The second-order valence-electron chi connectivity index (χ2n) is 14.0. The zero-order valence-corrected chi connectivity index (χ0v) is 31.0. The fourth-order valence-electron chi connectivity index (χ4n) is 7.96. The van der Waals surface area contributed by atoms with Gasteiger partial charge >= 0.3 is 0 Å². The highest BCUT2D eigenvalue weighted by Crippen LogP contribution is 2.40. The molecular formula is C51H32N4S. The lowest BCUT2D eigenvalue weighted by Gasteiger charge is -2.11. The molecule has 0 radical (unpaired) electrons. The topological polar surface area (TPSA) is 43.6 Å². The first-order valence-corrected chi connectivity index (χ1v) is 19.6. The van der Waals surface area contributed by atoms with Gasteiger partial charge in [-0.3, -0.25) is 0 Å². The third-order valence-electron chi connectivity index (χ3n) is 10.7. The highest BCUT2D eigenvalue weighted by Gasteiger charge is 2.19. The fourth-order valence-corrected chi connectivity index (χ4v) is 9.18. The van der Waals surface area contributed by atoms with E-state index in [-0.39, 0.29) is 0 Å². The van der Waals surface area contributed by atoms with Crippen LogP contribution in [0.15, 0.2) is 194 Å². The standard InChI is InChI=1S/C51H32N4S/c1-3-13-33(14-4-1)36-15-11-16-37(31-36)34-25-27-35(28-26-34)49-52-50(54-51(53-49)44-22-12-21-43-42-20-8-10-24-47(42)56-48(43)44)38-29-30-41-40-19-7-9-23-45(40)55(46(41)32-38)39-17-5-2-6-18-39/h1-32H. The number of aromatic nitrogens is 4. The van der Waals surface area contributed by atoms with Gasteiger partial charge in [0.15, 0.2) is 17.5 Å². The summed E-state index contributed by atoms with van der Waals surface area (Å²) in [6, 6.07) is 68.6. The summed E-state index contributed by atoms with van der Waals surface area (Å²) in [5.74, 6) is 1.93. The molecule has 4 nitrogen and oxygen atoms in total. The zero-order chi connectivity index (χ0) is 37.0. The molecule has 3 aromatic heterocycles. The predicted octanol–water partition coefficient (Wildman–Crippen LogP) is 13.7. The van der Waals surface area contributed by atoms with Gasteiger partial charge in [0.2, 0.25) is 0 Å². The van der Waals surface area contributed by atoms with E-state index in [0.29, 0.717) is 17.5 Å². The van der Waals surface area contributed by atoms with E-state index >= 15 is 0 Å². The monoisotopic (exact) mass is 732 g/mol. The molecule has 8 aromatic carbocycles. The summed E-state index contributed by atoms with van der Waals surface area (Å²) in [6.07, 6.45) is 0. The van der Waals surface area contributed by atoms with Crippen molar-refractivity contribution in [1.29, 1.82) is 0 Å². The molecule has 0 spiro atoms. The molecule has 0 aliphatic rings. The van der Waals surface area contributed by atoms with Gasteiger partial charge in [-0.15, -0.1) is 11.3 Å². The molecule has 262 valence electrons. The van der Waals surface area contributed by atoms with Crippen LogP contribution in [0.1, 0.15) is 0 Å². The quantitative estimate of drug-likeness (QED) is 0.171. The molecule has 0 fully saturated rings. The van der Waals surface area contributed by atoms with E-state index < -0.39 is 0 Å². The minimum atomic E-state index is 0.634. The van der Waals surface area contributed by atoms with Crippen molar-refractivity contribution in [3.63, 3.8) is 0 Å². The summed E-state index contributed by atoms with van der Waals surface area (Å²) in [6.45, 7) is 0. The number of para-hydroxylation sites is 2. The first-order valence-electron chi connectivity index (χ1n) is 18.8. The molecule has 0 amide bonds. The molecule has 3 heterocycles. The maximum absolute atomic E-state index is 5.26. The lowest BCUT2D eigenvalue weighted by molar-refractivity contribution is 1.08. The Labute approximate surface area is 327 Å². The van der Waals surface area contributed by atoms with Crippen LogP contribution in [0.4, 0.5) is 0 Å². The van der Waals surface area contributed by atoms with Gasteiger partial charge in [-0.05, 0) is 64.7 Å². The van der Waals surface area contributed by atoms with Gasteiger partial charge in [-0.2, -0.15) is 0 Å². The Bertz CT molecular complexity index is 3240.